The van der Waals surface area contributed by atoms with Gasteiger partial charge in [-0.05, 0) is 13.8 Å². The van der Waals surface area contributed by atoms with Crippen molar-refractivity contribution in [1.29, 1.82) is 0 Å². The lowest BCUT2D eigenvalue weighted by atomic mass is 9.97. The van der Waals surface area contributed by atoms with Gasteiger partial charge in [0.1, 0.15) is 11.7 Å². The number of anilines is 1. The van der Waals surface area contributed by atoms with Crippen molar-refractivity contribution in [2.24, 2.45) is 5.16 Å². The lowest BCUT2D eigenvalue weighted by Gasteiger charge is -2.45. The molecule has 1 aromatic rings. The predicted octanol–water partition coefficient (Wildman–Crippen LogP) is -2.04. The maximum absolute atomic E-state index is 13.0. The van der Waals surface area contributed by atoms with E-state index in [2.05, 4.69) is 15.5 Å². The highest BCUT2D eigenvalue weighted by Crippen LogP contribution is 2.27. The van der Waals surface area contributed by atoms with Crippen LogP contribution in [0, 0.1) is 0 Å². The number of nitrogens with one attached hydrogen (secondary N) is 1. The first-order chi connectivity index (χ1) is 16.1. The number of carbonyl (C=O) groups excluding carboxylic acids is 4. The number of carboxylic acid groups (broad SMARTS) is 1. The summed E-state index contributed by atoms with van der Waals surface area (Å²) in [6, 6.07) is -3.11. The Morgan fingerprint density at radius 3 is 2.40 bits per heavy atom. The Kier molecular flexibility index (Phi) is 6.82. The molecule has 0 radical (unpaired) electrons. The average Bonchev–Trinajstić information content (AvgIpc) is 3.30. The third kappa shape index (κ3) is 5.23. The normalized spacial score (nSPS) is 21.2. The second-order valence-electron chi connectivity index (χ2n) is 7.95. The number of hydrogen-bond donors (Lipinski definition) is 4. The summed E-state index contributed by atoms with van der Waals surface area (Å²) in [6.07, 6.45) is -0.220. The number of carbonyl (C=O) groups is 5. The van der Waals surface area contributed by atoms with Gasteiger partial charge in [0, 0.05) is 18.2 Å². The van der Waals surface area contributed by atoms with Crippen LogP contribution in [-0.4, -0.2) is 91.8 Å². The van der Waals surface area contributed by atoms with Crippen molar-refractivity contribution in [2.75, 3.05) is 12.3 Å². The first-order valence-corrected chi connectivity index (χ1v) is 12.1. The van der Waals surface area contributed by atoms with Crippen LogP contribution in [0.1, 0.15) is 32.4 Å². The largest absolute Gasteiger partial charge is 0.478 e. The van der Waals surface area contributed by atoms with E-state index in [-0.39, 0.29) is 28.0 Å². The highest BCUT2D eigenvalue weighted by Gasteiger charge is 2.55. The third-order valence-corrected chi connectivity index (χ3v) is 6.71. The van der Waals surface area contributed by atoms with Crippen LogP contribution in [0.2, 0.25) is 0 Å². The molecule has 2 atom stereocenters. The Hall–Kier alpha value is -3.64. The summed E-state index contributed by atoms with van der Waals surface area (Å²) in [6.45, 7) is 1.71. The van der Waals surface area contributed by atoms with Gasteiger partial charge in [-0.2, -0.15) is 8.42 Å². The summed E-state index contributed by atoms with van der Waals surface area (Å²) in [4.78, 5) is 70.2. The maximum atomic E-state index is 13.0. The van der Waals surface area contributed by atoms with Crippen molar-refractivity contribution in [3.63, 3.8) is 0 Å². The number of nitrogen functional groups attached to an aromatic ring is 1. The minimum Gasteiger partial charge on any atom is -0.478 e. The first kappa shape index (κ1) is 26.0. The summed E-state index contributed by atoms with van der Waals surface area (Å²) in [5, 5.41) is 16.3. The van der Waals surface area contributed by atoms with Crippen LogP contribution < -0.4 is 11.1 Å². The molecule has 3 heterocycles. The van der Waals surface area contributed by atoms with Gasteiger partial charge in [-0.3, -0.25) is 28.6 Å². The molecule has 0 unspecified atom stereocenters. The predicted molar refractivity (Wildman–Crippen MR) is 116 cm³/mol. The number of thiazole rings is 1. The Morgan fingerprint density at radius 1 is 1.31 bits per heavy atom. The minimum atomic E-state index is -5.08. The molecule has 0 aliphatic carbocycles. The smallest absolute Gasteiger partial charge is 0.362 e. The molecule has 0 bridgehead atoms. The molecule has 0 saturated carbocycles. The summed E-state index contributed by atoms with van der Waals surface area (Å²) in [5.74, 6) is -5.00. The zero-order valence-electron chi connectivity index (χ0n) is 18.2. The molecular weight excluding hydrogens is 512 g/mol. The van der Waals surface area contributed by atoms with Crippen molar-refractivity contribution >= 4 is 62.1 Å². The number of β-lactam (4-membered cyclic amide) rings is 1. The van der Waals surface area contributed by atoms with Crippen LogP contribution >= 0.6 is 11.3 Å². The second kappa shape index (κ2) is 9.19. The molecular formula is C17H20N6O10S2. The molecule has 0 spiro atoms. The molecule has 4 amide bonds. The van der Waals surface area contributed by atoms with E-state index >= 15 is 0 Å². The number of nitrogens with two attached hydrogens (primary N) is 1. The molecule has 0 aromatic carbocycles. The van der Waals surface area contributed by atoms with Gasteiger partial charge in [0.05, 0.1) is 12.6 Å². The van der Waals surface area contributed by atoms with E-state index in [1.807, 2.05) is 0 Å². The number of nitrogens with zero attached hydrogens (tertiary/aromatic N) is 4. The van der Waals surface area contributed by atoms with Crippen LogP contribution in [0.5, 0.6) is 0 Å². The van der Waals surface area contributed by atoms with Crippen molar-refractivity contribution in [2.45, 2.75) is 44.4 Å². The van der Waals surface area contributed by atoms with Gasteiger partial charge in [0.15, 0.2) is 10.8 Å². The monoisotopic (exact) mass is 532 g/mol. The van der Waals surface area contributed by atoms with Crippen molar-refractivity contribution in [3.8, 4) is 0 Å². The number of oxime groups is 1. The third-order valence-electron chi connectivity index (χ3n) is 5.09. The van der Waals surface area contributed by atoms with Crippen LogP contribution in [0.25, 0.3) is 0 Å². The van der Waals surface area contributed by atoms with Crippen molar-refractivity contribution < 1.29 is 46.9 Å². The van der Waals surface area contributed by atoms with E-state index < -0.39 is 69.8 Å². The molecule has 5 N–H and O–H groups in total. The number of amides is 4. The van der Waals surface area contributed by atoms with Crippen LogP contribution in [-0.2, 0) is 39.1 Å². The second-order valence-corrected chi connectivity index (χ2v) is 10.1. The molecule has 190 valence electrons. The molecule has 16 nitrogen and oxygen atoms in total. The molecule has 2 fully saturated rings. The summed E-state index contributed by atoms with van der Waals surface area (Å²) < 4.78 is 32.8. The lowest BCUT2D eigenvalue weighted by Crippen LogP contribution is -2.74. The number of aromatic nitrogens is 1. The Labute approximate surface area is 201 Å². The summed E-state index contributed by atoms with van der Waals surface area (Å²) in [5.41, 5.74) is 2.99. The van der Waals surface area contributed by atoms with Crippen molar-refractivity contribution in [1.82, 2.24) is 19.5 Å². The van der Waals surface area contributed by atoms with Gasteiger partial charge in [0.2, 0.25) is 17.4 Å². The minimum absolute atomic E-state index is 0.0270. The van der Waals surface area contributed by atoms with E-state index in [1.54, 1.807) is 0 Å². The van der Waals surface area contributed by atoms with E-state index in [0.717, 1.165) is 30.1 Å². The van der Waals surface area contributed by atoms with Gasteiger partial charge < -0.3 is 21.0 Å². The number of rotatable bonds is 9. The van der Waals surface area contributed by atoms with Crippen molar-refractivity contribution in [3.05, 3.63) is 11.1 Å². The molecule has 2 aliphatic rings. The van der Waals surface area contributed by atoms with Crippen LogP contribution in [0.4, 0.5) is 5.13 Å². The maximum Gasteiger partial charge on any atom is 0.362 e. The van der Waals surface area contributed by atoms with E-state index in [1.165, 1.54) is 5.38 Å². The van der Waals surface area contributed by atoms with Gasteiger partial charge in [0.25, 0.3) is 11.8 Å². The quantitative estimate of drug-likeness (QED) is 0.0884. The fraction of sp³-hybridized carbons (Fsp3) is 0.471. The van der Waals surface area contributed by atoms with E-state index in [4.69, 9.17) is 10.6 Å². The highest BCUT2D eigenvalue weighted by atomic mass is 32.2. The zero-order valence-corrected chi connectivity index (χ0v) is 19.8. The van der Waals surface area contributed by atoms with Crippen LogP contribution in [0.3, 0.4) is 0 Å². The number of carboxylic acids is 1. The molecule has 18 heteroatoms. The average molecular weight is 533 g/mol. The standard InChI is InChI=1S/C17H20N6O10S2/c1-17(2,15(28)29)33-21-11(7-6-34-16(18)19-7)13(26)20-12-8(23(14(12)27)35(30,31)32)5-22-9(24)3-4-10(22)25/h6,8,12H,3-5H2,1-2H3,(H2,18,19)(H,20,26)(H,28,29)(H,30,31,32)/t8-,12-/m0/s1. The molecule has 2 aliphatic heterocycles. The Morgan fingerprint density at radius 2 is 1.91 bits per heavy atom. The Bertz CT molecular complexity index is 1220. The first-order valence-electron chi connectivity index (χ1n) is 9.79. The molecule has 2 saturated heterocycles. The van der Waals surface area contributed by atoms with Gasteiger partial charge in [-0.1, -0.05) is 5.16 Å². The van der Waals surface area contributed by atoms with Gasteiger partial charge in [-0.15, -0.1) is 11.3 Å². The molecule has 1 aromatic heterocycles. The topological polar surface area (TPSA) is 239 Å². The van der Waals surface area contributed by atoms with Crippen LogP contribution in [0.15, 0.2) is 10.5 Å². The molecule has 35 heavy (non-hydrogen) atoms. The highest BCUT2D eigenvalue weighted by molar-refractivity contribution is 7.84. The Balaban J connectivity index is 1.89. The summed E-state index contributed by atoms with van der Waals surface area (Å²) in [7, 11) is -5.08. The zero-order chi connectivity index (χ0) is 26.3. The number of hydrogen-bond acceptors (Lipinski definition) is 12. The number of imide groups is 1. The lowest BCUT2D eigenvalue weighted by molar-refractivity contribution is -0.161. The SMILES string of the molecule is CC(C)(ON=C(C(=O)N[C@@H]1C(=O)N(S(=O)(=O)O)[C@H]1CN1C(=O)CCC1=O)c1csc(N)n1)C(=O)O. The number of likely N-dealkylation sites (tertiary alicyclic amines) is 1. The van der Waals surface area contributed by atoms with E-state index in [9.17, 15) is 42.0 Å². The van der Waals surface area contributed by atoms with E-state index in [0.29, 0.717) is 0 Å². The number of aliphatic carboxylic acids is 1. The fourth-order valence-corrected chi connectivity index (χ4v) is 4.58. The van der Waals surface area contributed by atoms with Gasteiger partial charge >= 0.3 is 16.3 Å². The molecule has 3 rings (SSSR count). The van der Waals surface area contributed by atoms with Gasteiger partial charge in [-0.25, -0.2) is 14.1 Å². The fourth-order valence-electron chi connectivity index (χ4n) is 3.16. The summed E-state index contributed by atoms with van der Waals surface area (Å²) >= 11 is 0.920.